The first-order valence-corrected chi connectivity index (χ1v) is 8.06. The average molecular weight is 357 g/mol. The topological polar surface area (TPSA) is 63.6 Å². The lowest BCUT2D eigenvalue weighted by Crippen LogP contribution is -2.39. The third-order valence-corrected chi connectivity index (χ3v) is 4.66. The Morgan fingerprint density at radius 1 is 1.39 bits per heavy atom. The van der Waals surface area contributed by atoms with Crippen LogP contribution in [0.15, 0.2) is 29.2 Å². The van der Waals surface area contributed by atoms with Crippen LogP contribution in [0.2, 0.25) is 5.02 Å². The van der Waals surface area contributed by atoms with E-state index in [2.05, 4.69) is 16.8 Å². The zero-order valence-electron chi connectivity index (χ0n) is 13.1. The van der Waals surface area contributed by atoms with Gasteiger partial charge in [-0.05, 0) is 50.9 Å². The molecule has 5 nitrogen and oxygen atoms in total. The highest BCUT2D eigenvalue weighted by Crippen LogP contribution is 2.20. The minimum Gasteiger partial charge on any atom is -0.328 e. The number of nitrogens with two attached hydrogens (primary N) is 1. The zero-order valence-corrected chi connectivity index (χ0v) is 14.7. The Balaban J connectivity index is 0.00000192. The van der Waals surface area contributed by atoms with Crippen LogP contribution in [0.1, 0.15) is 25.5 Å². The Hall–Kier alpha value is -1.14. The zero-order chi connectivity index (χ0) is 15.7. The predicted octanol–water partition coefficient (Wildman–Crippen LogP) is 2.33. The van der Waals surface area contributed by atoms with Crippen LogP contribution in [0, 0.1) is 5.92 Å². The summed E-state index contributed by atoms with van der Waals surface area (Å²) in [5.41, 5.74) is 7.33. The van der Waals surface area contributed by atoms with Crippen LogP contribution in [-0.2, 0) is 6.54 Å². The van der Waals surface area contributed by atoms with Gasteiger partial charge in [-0.25, -0.2) is 4.98 Å². The maximum Gasteiger partial charge on any atom is 0.258 e. The summed E-state index contributed by atoms with van der Waals surface area (Å²) >= 11 is 5.92. The van der Waals surface area contributed by atoms with E-state index in [1.54, 1.807) is 24.4 Å². The SMILES string of the molecule is CC(N)C1CCN(Cc2cc(=O)n3cc(Cl)ccc3n2)CC1.Cl. The molecule has 0 radical (unpaired) electrons. The maximum atomic E-state index is 12.2. The lowest BCUT2D eigenvalue weighted by Gasteiger charge is -2.33. The van der Waals surface area contributed by atoms with Gasteiger partial charge in [-0.1, -0.05) is 11.6 Å². The molecule has 1 aliphatic heterocycles. The number of aromatic nitrogens is 2. The number of rotatable bonds is 3. The molecule has 0 bridgehead atoms. The second-order valence-corrected chi connectivity index (χ2v) is 6.57. The number of hydrogen-bond acceptors (Lipinski definition) is 4. The molecule has 0 aliphatic carbocycles. The molecule has 1 atom stereocenters. The Bertz CT molecular complexity index is 724. The van der Waals surface area contributed by atoms with Crippen LogP contribution >= 0.6 is 24.0 Å². The molecule has 0 amide bonds. The third kappa shape index (κ3) is 4.23. The number of likely N-dealkylation sites (tertiary alicyclic amines) is 1. The molecule has 2 N–H and O–H groups in total. The summed E-state index contributed by atoms with van der Waals surface area (Å²) in [6.45, 7) is 4.80. The van der Waals surface area contributed by atoms with Gasteiger partial charge in [-0.15, -0.1) is 12.4 Å². The highest BCUT2D eigenvalue weighted by atomic mass is 35.5. The van der Waals surface area contributed by atoms with Crippen molar-refractivity contribution in [3.05, 3.63) is 45.5 Å². The van der Waals surface area contributed by atoms with Crippen molar-refractivity contribution in [1.29, 1.82) is 0 Å². The molecule has 23 heavy (non-hydrogen) atoms. The van der Waals surface area contributed by atoms with Gasteiger partial charge in [0.25, 0.3) is 5.56 Å². The fraction of sp³-hybridized carbons (Fsp3) is 0.500. The largest absolute Gasteiger partial charge is 0.328 e. The molecule has 3 heterocycles. The second-order valence-electron chi connectivity index (χ2n) is 6.13. The summed E-state index contributed by atoms with van der Waals surface area (Å²) in [7, 11) is 0. The highest BCUT2D eigenvalue weighted by Gasteiger charge is 2.22. The lowest BCUT2D eigenvalue weighted by molar-refractivity contribution is 0.164. The van der Waals surface area contributed by atoms with Gasteiger partial charge in [0, 0.05) is 24.8 Å². The van der Waals surface area contributed by atoms with E-state index < -0.39 is 0 Å². The molecular weight excluding hydrogens is 335 g/mol. The van der Waals surface area contributed by atoms with Crippen LogP contribution in [0.5, 0.6) is 0 Å². The van der Waals surface area contributed by atoms with Gasteiger partial charge >= 0.3 is 0 Å². The number of pyridine rings is 1. The minimum atomic E-state index is -0.0898. The van der Waals surface area contributed by atoms with E-state index in [4.69, 9.17) is 17.3 Å². The molecule has 126 valence electrons. The van der Waals surface area contributed by atoms with Crippen LogP contribution in [0.3, 0.4) is 0 Å². The summed E-state index contributed by atoms with van der Waals surface area (Å²) in [6, 6.07) is 5.38. The van der Waals surface area contributed by atoms with Crippen molar-refractivity contribution >= 4 is 29.7 Å². The van der Waals surface area contributed by atoms with Gasteiger partial charge in [0.1, 0.15) is 5.65 Å². The first-order valence-electron chi connectivity index (χ1n) is 7.69. The molecule has 0 spiro atoms. The normalized spacial score (nSPS) is 17.9. The summed E-state index contributed by atoms with van der Waals surface area (Å²) in [5, 5.41) is 0.530. The van der Waals surface area contributed by atoms with Crippen molar-refractivity contribution in [2.75, 3.05) is 13.1 Å². The monoisotopic (exact) mass is 356 g/mol. The number of fused-ring (bicyclic) bond motifs is 1. The van der Waals surface area contributed by atoms with Gasteiger partial charge in [0.2, 0.25) is 0 Å². The Kier molecular flexibility index (Phi) is 6.03. The number of halogens is 2. The number of nitrogens with zero attached hydrogens (tertiary/aromatic N) is 3. The average Bonchev–Trinajstić information content (AvgIpc) is 2.49. The molecule has 1 fully saturated rings. The first-order chi connectivity index (χ1) is 10.5. The molecule has 0 saturated carbocycles. The van der Waals surface area contributed by atoms with Gasteiger partial charge in [0.05, 0.1) is 10.7 Å². The molecule has 1 saturated heterocycles. The van der Waals surface area contributed by atoms with Crippen molar-refractivity contribution in [2.24, 2.45) is 11.7 Å². The maximum absolute atomic E-state index is 12.2. The molecule has 1 unspecified atom stereocenters. The van der Waals surface area contributed by atoms with E-state index in [1.165, 1.54) is 4.40 Å². The Morgan fingerprint density at radius 2 is 2.09 bits per heavy atom. The van der Waals surface area contributed by atoms with Crippen molar-refractivity contribution in [1.82, 2.24) is 14.3 Å². The molecule has 1 aliphatic rings. The molecule has 7 heteroatoms. The fourth-order valence-corrected chi connectivity index (χ4v) is 3.23. The van der Waals surface area contributed by atoms with Gasteiger partial charge in [-0.2, -0.15) is 0 Å². The quantitative estimate of drug-likeness (QED) is 0.916. The Labute approximate surface area is 146 Å². The fourth-order valence-electron chi connectivity index (χ4n) is 3.07. The molecule has 3 rings (SSSR count). The van der Waals surface area contributed by atoms with Crippen LogP contribution in [-0.4, -0.2) is 33.4 Å². The van der Waals surface area contributed by atoms with Crippen molar-refractivity contribution in [2.45, 2.75) is 32.4 Å². The van der Waals surface area contributed by atoms with Crippen LogP contribution in [0.25, 0.3) is 5.65 Å². The van der Waals surface area contributed by atoms with Crippen LogP contribution < -0.4 is 11.3 Å². The smallest absolute Gasteiger partial charge is 0.258 e. The van der Waals surface area contributed by atoms with Gasteiger partial charge < -0.3 is 5.73 Å². The van der Waals surface area contributed by atoms with Gasteiger partial charge in [-0.3, -0.25) is 14.1 Å². The van der Waals surface area contributed by atoms with E-state index in [-0.39, 0.29) is 24.0 Å². The minimum absolute atomic E-state index is 0. The summed E-state index contributed by atoms with van der Waals surface area (Å²) in [5.74, 6) is 0.605. The second kappa shape index (κ2) is 7.62. The van der Waals surface area contributed by atoms with Crippen molar-refractivity contribution in [3.8, 4) is 0 Å². The highest BCUT2D eigenvalue weighted by molar-refractivity contribution is 6.30. The third-order valence-electron chi connectivity index (χ3n) is 4.44. The number of piperidine rings is 1. The molecular formula is C16H22Cl2N4O. The van der Waals surface area contributed by atoms with E-state index in [9.17, 15) is 4.79 Å². The molecule has 2 aromatic heterocycles. The molecule has 2 aromatic rings. The van der Waals surface area contributed by atoms with E-state index >= 15 is 0 Å². The van der Waals surface area contributed by atoms with Crippen LogP contribution in [0.4, 0.5) is 0 Å². The Morgan fingerprint density at radius 3 is 2.74 bits per heavy atom. The predicted molar refractivity (Wildman–Crippen MR) is 95.4 cm³/mol. The summed E-state index contributed by atoms with van der Waals surface area (Å²) < 4.78 is 1.48. The van der Waals surface area contributed by atoms with E-state index in [1.807, 2.05) is 0 Å². The first kappa shape index (κ1) is 18.2. The lowest BCUT2D eigenvalue weighted by atomic mass is 9.91. The van der Waals surface area contributed by atoms with E-state index in [0.29, 0.717) is 23.1 Å². The molecule has 0 aromatic carbocycles. The van der Waals surface area contributed by atoms with E-state index in [0.717, 1.165) is 31.6 Å². The van der Waals surface area contributed by atoms with Crippen molar-refractivity contribution < 1.29 is 0 Å². The number of hydrogen-bond donors (Lipinski definition) is 1. The summed E-state index contributed by atoms with van der Waals surface area (Å²) in [6.07, 6.45) is 3.82. The summed E-state index contributed by atoms with van der Waals surface area (Å²) in [4.78, 5) is 19.1. The van der Waals surface area contributed by atoms with Crippen molar-refractivity contribution in [3.63, 3.8) is 0 Å². The standard InChI is InChI=1S/C16H21ClN4O.ClH/c1-11(18)12-4-6-20(7-5-12)10-14-8-16(22)21-9-13(17)2-3-15(21)19-14;/h2-3,8-9,11-12H,4-7,10,18H2,1H3;1H. The van der Waals surface area contributed by atoms with Gasteiger partial charge in [0.15, 0.2) is 0 Å².